The number of carbonyl (C=O) groups excluding carboxylic acids is 1. The highest BCUT2D eigenvalue weighted by Gasteiger charge is 2.06. The van der Waals surface area contributed by atoms with Gasteiger partial charge in [0.1, 0.15) is 0 Å². The Labute approximate surface area is 81.4 Å². The van der Waals surface area contributed by atoms with Gasteiger partial charge >= 0.3 is 5.97 Å². The average molecular weight is 200 g/mol. The van der Waals surface area contributed by atoms with Crippen LogP contribution in [0.15, 0.2) is 23.3 Å². The first kappa shape index (κ1) is 10.1. The highest BCUT2D eigenvalue weighted by molar-refractivity contribution is 8.03. The summed E-state index contributed by atoms with van der Waals surface area (Å²) in [5.74, 6) is 5.88. The number of hydrogen-bond donors (Lipinski definition) is 1. The van der Waals surface area contributed by atoms with Crippen molar-refractivity contribution < 1.29 is 9.53 Å². The van der Waals surface area contributed by atoms with Gasteiger partial charge in [0.2, 0.25) is 0 Å². The molecule has 0 bridgehead atoms. The van der Waals surface area contributed by atoms with Gasteiger partial charge in [0.25, 0.3) is 0 Å². The standard InChI is InChI=1S/C8H12N2O2S/c1-2-12-8(11)4-3-7-5-10(9)6-13-7/h3-5H,2,6,9H2,1H3. The lowest BCUT2D eigenvalue weighted by atomic mass is 10.4. The SMILES string of the molecule is CCOC(=O)C=CC1=CN(N)CS1. The minimum absolute atomic E-state index is 0.320. The van der Waals surface area contributed by atoms with E-state index in [-0.39, 0.29) is 5.97 Å². The maximum Gasteiger partial charge on any atom is 0.330 e. The van der Waals surface area contributed by atoms with Crippen molar-refractivity contribution >= 4 is 17.7 Å². The fourth-order valence-corrected chi connectivity index (χ4v) is 1.57. The summed E-state index contributed by atoms with van der Waals surface area (Å²) in [4.78, 5) is 11.9. The molecule has 2 N–H and O–H groups in total. The topological polar surface area (TPSA) is 55.6 Å². The molecule has 0 aromatic heterocycles. The summed E-state index contributed by atoms with van der Waals surface area (Å²) in [6.45, 7) is 2.18. The number of ether oxygens (including phenoxy) is 1. The number of thioether (sulfide) groups is 1. The Bertz CT molecular complexity index is 251. The van der Waals surface area contributed by atoms with Gasteiger partial charge in [-0.25, -0.2) is 10.6 Å². The fraction of sp³-hybridized carbons (Fsp3) is 0.375. The third-order valence-corrected chi connectivity index (χ3v) is 2.35. The Kier molecular flexibility index (Phi) is 3.85. The second-order valence-corrected chi connectivity index (χ2v) is 3.42. The average Bonchev–Trinajstić information content (AvgIpc) is 2.49. The lowest BCUT2D eigenvalue weighted by Gasteiger charge is -2.01. The minimum atomic E-state index is -0.320. The van der Waals surface area contributed by atoms with Crippen molar-refractivity contribution in [3.63, 3.8) is 0 Å². The monoisotopic (exact) mass is 200 g/mol. The lowest BCUT2D eigenvalue weighted by molar-refractivity contribution is -0.137. The molecule has 0 amide bonds. The van der Waals surface area contributed by atoms with E-state index < -0.39 is 0 Å². The quantitative estimate of drug-likeness (QED) is 0.415. The second-order valence-electron chi connectivity index (χ2n) is 2.40. The lowest BCUT2D eigenvalue weighted by Crippen LogP contribution is -2.20. The van der Waals surface area contributed by atoms with E-state index in [1.54, 1.807) is 36.0 Å². The summed E-state index contributed by atoms with van der Waals surface area (Å²) in [6, 6.07) is 0. The third-order valence-electron chi connectivity index (χ3n) is 1.34. The minimum Gasteiger partial charge on any atom is -0.463 e. The number of rotatable bonds is 3. The van der Waals surface area contributed by atoms with Gasteiger partial charge < -0.3 is 9.75 Å². The molecule has 72 valence electrons. The maximum absolute atomic E-state index is 10.9. The van der Waals surface area contributed by atoms with E-state index in [4.69, 9.17) is 10.6 Å². The first-order valence-corrected chi connectivity index (χ1v) is 4.91. The molecule has 0 atom stereocenters. The number of nitrogens with zero attached hydrogens (tertiary/aromatic N) is 1. The molecule has 5 heteroatoms. The van der Waals surface area contributed by atoms with Gasteiger partial charge in [0.05, 0.1) is 12.5 Å². The molecule has 0 radical (unpaired) electrons. The molecule has 0 aromatic carbocycles. The number of nitrogens with two attached hydrogens (primary N) is 1. The summed E-state index contributed by atoms with van der Waals surface area (Å²) in [5, 5.41) is 1.56. The normalized spacial score (nSPS) is 16.5. The number of hydrazine groups is 1. The van der Waals surface area contributed by atoms with Crippen molar-refractivity contribution in [2.45, 2.75) is 6.92 Å². The molecular weight excluding hydrogens is 188 g/mol. The van der Waals surface area contributed by atoms with E-state index in [0.29, 0.717) is 6.61 Å². The van der Waals surface area contributed by atoms with Crippen LogP contribution < -0.4 is 5.84 Å². The first-order valence-electron chi connectivity index (χ1n) is 3.93. The molecule has 0 aromatic rings. The predicted molar refractivity (Wildman–Crippen MR) is 52.3 cm³/mol. The maximum atomic E-state index is 10.9. The van der Waals surface area contributed by atoms with Crippen LogP contribution in [0.25, 0.3) is 0 Å². The molecule has 4 nitrogen and oxygen atoms in total. The highest BCUT2D eigenvalue weighted by atomic mass is 32.2. The molecule has 0 saturated carbocycles. The smallest absolute Gasteiger partial charge is 0.330 e. The Balaban J connectivity index is 2.39. The van der Waals surface area contributed by atoms with Crippen LogP contribution in [-0.2, 0) is 9.53 Å². The molecule has 0 spiro atoms. The number of allylic oxidation sites excluding steroid dienone is 1. The van der Waals surface area contributed by atoms with Crippen molar-refractivity contribution in [2.24, 2.45) is 5.84 Å². The molecule has 0 aliphatic carbocycles. The zero-order valence-electron chi connectivity index (χ0n) is 7.40. The summed E-state index contributed by atoms with van der Waals surface area (Å²) >= 11 is 1.58. The number of hydrogen-bond acceptors (Lipinski definition) is 5. The van der Waals surface area contributed by atoms with Gasteiger partial charge in [0, 0.05) is 17.2 Å². The zero-order chi connectivity index (χ0) is 9.68. The molecule has 0 saturated heterocycles. The van der Waals surface area contributed by atoms with Crippen LogP contribution >= 0.6 is 11.8 Å². The van der Waals surface area contributed by atoms with Crippen LogP contribution in [0.4, 0.5) is 0 Å². The van der Waals surface area contributed by atoms with E-state index >= 15 is 0 Å². The number of carbonyl (C=O) groups is 1. The highest BCUT2D eigenvalue weighted by Crippen LogP contribution is 2.23. The summed E-state index contributed by atoms with van der Waals surface area (Å²) in [5.41, 5.74) is 0. The molecule has 0 unspecified atom stereocenters. The Hall–Kier alpha value is -0.940. The van der Waals surface area contributed by atoms with Crippen LogP contribution in [0, 0.1) is 0 Å². The largest absolute Gasteiger partial charge is 0.463 e. The van der Waals surface area contributed by atoms with E-state index in [1.165, 1.54) is 6.08 Å². The van der Waals surface area contributed by atoms with Crippen molar-refractivity contribution in [2.75, 3.05) is 12.5 Å². The molecule has 1 aliphatic rings. The van der Waals surface area contributed by atoms with E-state index in [1.807, 2.05) is 0 Å². The molecule has 13 heavy (non-hydrogen) atoms. The van der Waals surface area contributed by atoms with Crippen LogP contribution in [0.2, 0.25) is 0 Å². The van der Waals surface area contributed by atoms with Gasteiger partial charge in [-0.05, 0) is 13.0 Å². The summed E-state index contributed by atoms with van der Waals surface area (Å²) in [7, 11) is 0. The third kappa shape index (κ3) is 3.52. The predicted octanol–water partition coefficient (Wildman–Crippen LogP) is 0.827. The second kappa shape index (κ2) is 4.94. The molecule has 1 heterocycles. The molecule has 1 rings (SSSR count). The van der Waals surface area contributed by atoms with Gasteiger partial charge in [-0.15, -0.1) is 11.8 Å². The van der Waals surface area contributed by atoms with E-state index in [2.05, 4.69) is 0 Å². The van der Waals surface area contributed by atoms with Crippen molar-refractivity contribution in [1.29, 1.82) is 0 Å². The summed E-state index contributed by atoms with van der Waals surface area (Å²) < 4.78 is 4.72. The fourth-order valence-electron chi connectivity index (χ4n) is 0.819. The van der Waals surface area contributed by atoms with Crippen LogP contribution in [0.1, 0.15) is 6.92 Å². The number of esters is 1. The van der Waals surface area contributed by atoms with Crippen LogP contribution in [-0.4, -0.2) is 23.5 Å². The first-order chi connectivity index (χ1) is 6.22. The van der Waals surface area contributed by atoms with Gasteiger partial charge in [-0.1, -0.05) is 0 Å². The van der Waals surface area contributed by atoms with Crippen molar-refractivity contribution in [3.8, 4) is 0 Å². The molecular formula is C8H12N2O2S. The van der Waals surface area contributed by atoms with Gasteiger partial charge in [0.15, 0.2) is 0 Å². The van der Waals surface area contributed by atoms with Crippen LogP contribution in [0.5, 0.6) is 0 Å². The Morgan fingerprint density at radius 3 is 3.23 bits per heavy atom. The summed E-state index contributed by atoms with van der Waals surface area (Å²) in [6.07, 6.45) is 4.89. The molecule has 1 aliphatic heterocycles. The zero-order valence-corrected chi connectivity index (χ0v) is 8.21. The van der Waals surface area contributed by atoms with Crippen molar-refractivity contribution in [3.05, 3.63) is 23.3 Å². The van der Waals surface area contributed by atoms with Crippen molar-refractivity contribution in [1.82, 2.24) is 5.01 Å². The van der Waals surface area contributed by atoms with Gasteiger partial charge in [-0.2, -0.15) is 0 Å². The Morgan fingerprint density at radius 1 is 1.92 bits per heavy atom. The van der Waals surface area contributed by atoms with Gasteiger partial charge in [-0.3, -0.25) is 0 Å². The van der Waals surface area contributed by atoms with E-state index in [9.17, 15) is 4.79 Å². The van der Waals surface area contributed by atoms with E-state index in [0.717, 1.165) is 10.8 Å². The Morgan fingerprint density at radius 2 is 2.69 bits per heavy atom. The molecule has 0 fully saturated rings. The van der Waals surface area contributed by atoms with Crippen LogP contribution in [0.3, 0.4) is 0 Å².